The third-order valence-corrected chi connectivity index (χ3v) is 5.43. The van der Waals surface area contributed by atoms with Crippen molar-refractivity contribution in [1.82, 2.24) is 25.8 Å². The van der Waals surface area contributed by atoms with Crippen LogP contribution in [0.4, 0.5) is 10.1 Å². The van der Waals surface area contributed by atoms with Gasteiger partial charge in [-0.15, -0.1) is 4.99 Å². The van der Waals surface area contributed by atoms with E-state index in [0.717, 1.165) is 32.0 Å². The number of guanidine groups is 1. The Morgan fingerprint density at radius 2 is 2.31 bits per heavy atom. The van der Waals surface area contributed by atoms with E-state index in [1.165, 1.54) is 12.1 Å². The molecule has 32 heavy (non-hydrogen) atoms. The maximum absolute atomic E-state index is 13.4. The molecule has 0 aliphatic carbocycles. The average Bonchev–Trinajstić information content (AvgIpc) is 3.45. The highest BCUT2D eigenvalue weighted by Crippen LogP contribution is 2.23. The third-order valence-electron chi connectivity index (χ3n) is 5.14. The summed E-state index contributed by atoms with van der Waals surface area (Å²) in [6.07, 6.45) is 3.94. The standard InChI is InChI=1S/C19H23ClFN9O2/c1-2-29-7-3-4-13(29)9-24-19(26-11-22)25-10-16-17(28-32-27-16)18(23)30(31)12-5-6-15(21)14(20)8-12/h5-6,8,13,23,31H,2-4,7,9-10H2,1H3,(H2,24,25,26). The van der Waals surface area contributed by atoms with Gasteiger partial charge in [0, 0.05) is 12.6 Å². The van der Waals surface area contributed by atoms with E-state index >= 15 is 0 Å². The van der Waals surface area contributed by atoms with E-state index in [1.54, 1.807) is 6.19 Å². The number of halogens is 2. The molecule has 1 unspecified atom stereocenters. The second kappa shape index (κ2) is 10.9. The monoisotopic (exact) mass is 463 g/mol. The molecule has 0 bridgehead atoms. The largest absolute Gasteiger partial charge is 0.354 e. The molecule has 13 heteroatoms. The molecule has 4 N–H and O–H groups in total. The molecular weight excluding hydrogens is 441 g/mol. The van der Waals surface area contributed by atoms with Crippen LogP contribution in [-0.4, -0.2) is 57.9 Å². The number of hydrogen-bond acceptors (Lipinski definition) is 8. The van der Waals surface area contributed by atoms with Crippen molar-refractivity contribution in [3.63, 3.8) is 0 Å². The normalized spacial score (nSPS) is 16.6. The summed E-state index contributed by atoms with van der Waals surface area (Å²) in [6.45, 7) is 4.76. The van der Waals surface area contributed by atoms with Crippen molar-refractivity contribution in [2.45, 2.75) is 32.4 Å². The summed E-state index contributed by atoms with van der Waals surface area (Å²) < 4.78 is 18.1. The molecule has 0 radical (unpaired) electrons. The van der Waals surface area contributed by atoms with E-state index in [0.29, 0.717) is 17.6 Å². The highest BCUT2D eigenvalue weighted by atomic mass is 35.5. The van der Waals surface area contributed by atoms with Gasteiger partial charge >= 0.3 is 0 Å². The molecule has 2 heterocycles. The van der Waals surface area contributed by atoms with Gasteiger partial charge < -0.3 is 10.6 Å². The Bertz CT molecular complexity index is 1020. The van der Waals surface area contributed by atoms with Gasteiger partial charge in [-0.25, -0.2) is 14.1 Å². The van der Waals surface area contributed by atoms with Gasteiger partial charge in [-0.2, -0.15) is 5.26 Å². The molecule has 11 nitrogen and oxygen atoms in total. The number of nitrogens with zero attached hydrogens (tertiary/aromatic N) is 6. The predicted molar refractivity (Wildman–Crippen MR) is 115 cm³/mol. The van der Waals surface area contributed by atoms with Gasteiger partial charge in [-0.1, -0.05) is 23.7 Å². The minimum absolute atomic E-state index is 0.0227. The molecule has 1 saturated heterocycles. The van der Waals surface area contributed by atoms with Crippen molar-refractivity contribution < 1.29 is 14.2 Å². The lowest BCUT2D eigenvalue weighted by Gasteiger charge is -2.23. The maximum Gasteiger partial charge on any atom is 0.209 e. The van der Waals surface area contributed by atoms with Crippen LogP contribution in [0.1, 0.15) is 31.2 Å². The molecular formula is C19H23ClFN9O2. The van der Waals surface area contributed by atoms with Crippen molar-refractivity contribution in [1.29, 1.82) is 10.7 Å². The lowest BCUT2D eigenvalue weighted by molar-refractivity contribution is 0.267. The van der Waals surface area contributed by atoms with Gasteiger partial charge in [0.15, 0.2) is 11.5 Å². The first-order chi connectivity index (χ1) is 15.4. The molecule has 170 valence electrons. The summed E-state index contributed by atoms with van der Waals surface area (Å²) in [6, 6.07) is 3.85. The first-order valence-corrected chi connectivity index (χ1v) is 10.3. The van der Waals surface area contributed by atoms with E-state index in [1.807, 2.05) is 0 Å². The van der Waals surface area contributed by atoms with Crippen LogP contribution in [0, 0.1) is 22.7 Å². The molecule has 1 aliphatic heterocycles. The molecule has 1 aromatic carbocycles. The van der Waals surface area contributed by atoms with Crippen LogP contribution in [0.25, 0.3) is 0 Å². The summed E-state index contributed by atoms with van der Waals surface area (Å²) in [5.41, 5.74) is 0.212. The zero-order chi connectivity index (χ0) is 23.1. The Balaban J connectivity index is 1.63. The van der Waals surface area contributed by atoms with Crippen LogP contribution >= 0.6 is 11.6 Å². The van der Waals surface area contributed by atoms with Crippen LogP contribution in [-0.2, 0) is 6.54 Å². The second-order valence-electron chi connectivity index (χ2n) is 7.04. The molecule has 1 fully saturated rings. The molecule has 0 spiro atoms. The van der Waals surface area contributed by atoms with Gasteiger partial charge in [-0.3, -0.25) is 15.5 Å². The lowest BCUT2D eigenvalue weighted by Crippen LogP contribution is -2.44. The number of aliphatic imine (C=N–C) groups is 1. The van der Waals surface area contributed by atoms with Gasteiger partial charge in [0.05, 0.1) is 17.3 Å². The number of likely N-dealkylation sites (tertiary alicyclic amines) is 1. The van der Waals surface area contributed by atoms with E-state index in [-0.39, 0.29) is 34.6 Å². The predicted octanol–water partition coefficient (Wildman–Crippen LogP) is 2.08. The number of aromatic nitrogens is 2. The van der Waals surface area contributed by atoms with Gasteiger partial charge in [-0.05, 0) is 49.3 Å². The first-order valence-electron chi connectivity index (χ1n) is 9.97. The zero-order valence-corrected chi connectivity index (χ0v) is 18.1. The number of amidine groups is 1. The quantitative estimate of drug-likeness (QED) is 0.209. The zero-order valence-electron chi connectivity index (χ0n) is 17.3. The molecule has 2 aromatic rings. The summed E-state index contributed by atoms with van der Waals surface area (Å²) in [5.74, 6) is -0.857. The fourth-order valence-corrected chi connectivity index (χ4v) is 3.64. The van der Waals surface area contributed by atoms with Gasteiger partial charge in [0.25, 0.3) is 0 Å². The number of likely N-dealkylation sites (N-methyl/N-ethyl adjacent to an activating group) is 1. The van der Waals surface area contributed by atoms with Crippen molar-refractivity contribution >= 4 is 29.1 Å². The van der Waals surface area contributed by atoms with E-state index < -0.39 is 11.7 Å². The Morgan fingerprint density at radius 1 is 1.50 bits per heavy atom. The summed E-state index contributed by atoms with van der Waals surface area (Å²) >= 11 is 5.74. The third kappa shape index (κ3) is 5.50. The first kappa shape index (κ1) is 23.4. The van der Waals surface area contributed by atoms with Crippen molar-refractivity contribution in [3.8, 4) is 6.19 Å². The van der Waals surface area contributed by atoms with Crippen molar-refractivity contribution in [2.75, 3.05) is 24.7 Å². The van der Waals surface area contributed by atoms with E-state index in [2.05, 4.69) is 37.8 Å². The Labute approximate surface area is 188 Å². The fourth-order valence-electron chi connectivity index (χ4n) is 3.46. The number of hydrogen-bond donors (Lipinski definition) is 4. The highest BCUT2D eigenvalue weighted by Gasteiger charge is 2.24. The van der Waals surface area contributed by atoms with E-state index in [4.69, 9.17) is 26.9 Å². The summed E-state index contributed by atoms with van der Waals surface area (Å²) in [7, 11) is 0. The maximum atomic E-state index is 13.4. The van der Waals surface area contributed by atoms with Crippen LogP contribution in [0.15, 0.2) is 27.8 Å². The number of benzene rings is 1. The fraction of sp³-hybridized carbons (Fsp3) is 0.421. The van der Waals surface area contributed by atoms with Crippen LogP contribution in [0.3, 0.4) is 0 Å². The van der Waals surface area contributed by atoms with Crippen LogP contribution in [0.2, 0.25) is 5.02 Å². The smallest absolute Gasteiger partial charge is 0.209 e. The highest BCUT2D eigenvalue weighted by molar-refractivity contribution is 6.31. The van der Waals surface area contributed by atoms with Crippen molar-refractivity contribution in [2.24, 2.45) is 4.99 Å². The van der Waals surface area contributed by atoms with E-state index in [9.17, 15) is 9.60 Å². The van der Waals surface area contributed by atoms with Gasteiger partial charge in [0.2, 0.25) is 12.2 Å². The number of rotatable bonds is 7. The van der Waals surface area contributed by atoms with Crippen LogP contribution in [0.5, 0.6) is 0 Å². The molecule has 1 aromatic heterocycles. The molecule has 0 amide bonds. The average molecular weight is 464 g/mol. The lowest BCUT2D eigenvalue weighted by atomic mass is 10.2. The summed E-state index contributed by atoms with van der Waals surface area (Å²) in [4.78, 5) is 6.11. The number of nitriles is 1. The minimum Gasteiger partial charge on any atom is -0.354 e. The number of hydroxylamine groups is 1. The van der Waals surface area contributed by atoms with Crippen LogP contribution < -0.4 is 15.7 Å². The second-order valence-corrected chi connectivity index (χ2v) is 7.45. The Hall–Kier alpha value is -3.27. The number of nitrogens with one attached hydrogen (secondary N) is 3. The Morgan fingerprint density at radius 3 is 3.03 bits per heavy atom. The topological polar surface area (TPSA) is 150 Å². The minimum atomic E-state index is -0.653. The number of anilines is 1. The van der Waals surface area contributed by atoms with Gasteiger partial charge in [0.1, 0.15) is 11.5 Å². The molecule has 3 rings (SSSR count). The Kier molecular flexibility index (Phi) is 7.93. The molecule has 1 aliphatic rings. The molecule has 0 saturated carbocycles. The summed E-state index contributed by atoms with van der Waals surface area (Å²) in [5, 5.41) is 41.3. The van der Waals surface area contributed by atoms with Crippen molar-refractivity contribution in [3.05, 3.63) is 40.4 Å². The SMILES string of the molecule is CCN1CCCC1CN/C(=N\C#N)NCc1nonc1C(=N)N(O)c1ccc(F)c(Cl)c1. The molecule has 1 atom stereocenters.